The molecule has 0 atom stereocenters. The number of amides is 1. The van der Waals surface area contributed by atoms with Crippen LogP contribution in [-0.4, -0.2) is 22.1 Å². The van der Waals surface area contributed by atoms with Crippen LogP contribution in [0.1, 0.15) is 9.80 Å². The molecule has 0 saturated heterocycles. The van der Waals surface area contributed by atoms with Gasteiger partial charge in [-0.2, -0.15) is 0 Å². The van der Waals surface area contributed by atoms with E-state index >= 15 is 0 Å². The molecule has 0 saturated carbocycles. The minimum atomic E-state index is -0.213. The Kier molecular flexibility index (Phi) is 3.76. The van der Waals surface area contributed by atoms with E-state index in [-0.39, 0.29) is 5.91 Å². The molecule has 2 heterocycles. The fourth-order valence-electron chi connectivity index (χ4n) is 2.21. The molecule has 0 unspecified atom stereocenters. The van der Waals surface area contributed by atoms with Gasteiger partial charge in [0.1, 0.15) is 0 Å². The summed E-state index contributed by atoms with van der Waals surface area (Å²) < 4.78 is 2.07. The Bertz CT molecular complexity index is 989. The smallest absolute Gasteiger partial charge is 0.286 e. The molecule has 1 amide bonds. The number of nitrogens with zero attached hydrogens (tertiary/aromatic N) is 2. The number of anilines is 1. The van der Waals surface area contributed by atoms with E-state index in [0.717, 1.165) is 20.4 Å². The zero-order valence-corrected chi connectivity index (χ0v) is 14.5. The first-order valence-electron chi connectivity index (χ1n) is 6.84. The molecule has 0 radical (unpaired) electrons. The van der Waals surface area contributed by atoms with Crippen LogP contribution in [0.3, 0.4) is 0 Å². The van der Waals surface area contributed by atoms with E-state index in [2.05, 4.69) is 21.4 Å². The number of fused-ring (bicyclic) bond motifs is 2. The molecule has 1 N–H and O–H groups in total. The maximum absolute atomic E-state index is 12.4. The number of rotatable bonds is 3. The first-order chi connectivity index (χ1) is 11.2. The molecular weight excluding hydrogens is 346 g/mol. The largest absolute Gasteiger partial charge is 0.296 e. The number of aromatic nitrogens is 2. The number of thiazole rings is 2. The van der Waals surface area contributed by atoms with Gasteiger partial charge in [0.15, 0.2) is 10.1 Å². The SMILES string of the molecule is CSc1ccc2nc(NC(=O)c3nc4ccccc4s3)sc2c1. The van der Waals surface area contributed by atoms with Gasteiger partial charge in [0.05, 0.1) is 20.4 Å². The standard InChI is InChI=1S/C16H11N3OS3/c1-21-9-6-7-11-13(8-9)23-16(18-11)19-14(20)15-17-10-4-2-3-5-12(10)22-15/h2-8H,1H3,(H,18,19,20). The summed E-state index contributed by atoms with van der Waals surface area (Å²) in [5, 5.41) is 3.91. The summed E-state index contributed by atoms with van der Waals surface area (Å²) in [5.74, 6) is -0.213. The third-order valence-electron chi connectivity index (χ3n) is 3.30. The van der Waals surface area contributed by atoms with Crippen LogP contribution in [0.2, 0.25) is 0 Å². The van der Waals surface area contributed by atoms with Crippen LogP contribution in [-0.2, 0) is 0 Å². The molecule has 7 heteroatoms. The Hall–Kier alpha value is -1.96. The summed E-state index contributed by atoms with van der Waals surface area (Å²) in [5.41, 5.74) is 1.74. The lowest BCUT2D eigenvalue weighted by Gasteiger charge is -1.95. The second-order valence-electron chi connectivity index (χ2n) is 4.79. The number of nitrogens with one attached hydrogen (secondary N) is 1. The molecule has 0 bridgehead atoms. The van der Waals surface area contributed by atoms with E-state index in [1.54, 1.807) is 11.8 Å². The molecular formula is C16H11N3OS3. The van der Waals surface area contributed by atoms with Crippen LogP contribution >= 0.6 is 34.4 Å². The first-order valence-corrected chi connectivity index (χ1v) is 9.70. The lowest BCUT2D eigenvalue weighted by atomic mass is 10.3. The van der Waals surface area contributed by atoms with E-state index in [0.29, 0.717) is 10.1 Å². The molecule has 0 aliphatic rings. The molecule has 0 spiro atoms. The van der Waals surface area contributed by atoms with Crippen molar-refractivity contribution in [3.05, 3.63) is 47.5 Å². The second kappa shape index (κ2) is 5.92. The van der Waals surface area contributed by atoms with Gasteiger partial charge in [0.2, 0.25) is 0 Å². The monoisotopic (exact) mass is 357 g/mol. The zero-order chi connectivity index (χ0) is 15.8. The highest BCUT2D eigenvalue weighted by molar-refractivity contribution is 7.98. The maximum Gasteiger partial charge on any atom is 0.286 e. The van der Waals surface area contributed by atoms with Crippen LogP contribution in [0.25, 0.3) is 20.4 Å². The van der Waals surface area contributed by atoms with Gasteiger partial charge in [-0.3, -0.25) is 10.1 Å². The maximum atomic E-state index is 12.4. The molecule has 0 aliphatic heterocycles. The summed E-state index contributed by atoms with van der Waals surface area (Å²) in [6.45, 7) is 0. The normalized spacial score (nSPS) is 11.2. The van der Waals surface area contributed by atoms with Crippen LogP contribution in [0.5, 0.6) is 0 Å². The number of benzene rings is 2. The molecule has 0 aliphatic carbocycles. The molecule has 4 rings (SSSR count). The van der Waals surface area contributed by atoms with E-state index < -0.39 is 0 Å². The van der Waals surface area contributed by atoms with E-state index in [4.69, 9.17) is 0 Å². The van der Waals surface area contributed by atoms with E-state index in [9.17, 15) is 4.79 Å². The third kappa shape index (κ3) is 2.83. The van der Waals surface area contributed by atoms with Crippen molar-refractivity contribution in [2.24, 2.45) is 0 Å². The molecule has 2 aromatic heterocycles. The van der Waals surface area contributed by atoms with Gasteiger partial charge in [-0.05, 0) is 36.6 Å². The lowest BCUT2D eigenvalue weighted by molar-refractivity contribution is 0.102. The molecule has 2 aromatic carbocycles. The highest BCUT2D eigenvalue weighted by atomic mass is 32.2. The molecule has 114 valence electrons. The number of hydrogen-bond acceptors (Lipinski definition) is 6. The highest BCUT2D eigenvalue weighted by Gasteiger charge is 2.14. The fourth-order valence-corrected chi connectivity index (χ4v) is 4.48. The van der Waals surface area contributed by atoms with Crippen molar-refractivity contribution in [2.45, 2.75) is 4.90 Å². The predicted octanol–water partition coefficient (Wildman–Crippen LogP) is 4.88. The van der Waals surface area contributed by atoms with Gasteiger partial charge in [0, 0.05) is 4.90 Å². The predicted molar refractivity (Wildman–Crippen MR) is 99.0 cm³/mol. The Labute approximate surface area is 144 Å². The van der Waals surface area contributed by atoms with Crippen molar-refractivity contribution in [2.75, 3.05) is 11.6 Å². The number of para-hydroxylation sites is 1. The van der Waals surface area contributed by atoms with E-state index in [1.165, 1.54) is 27.6 Å². The first kappa shape index (κ1) is 14.6. The van der Waals surface area contributed by atoms with Crippen molar-refractivity contribution in [1.29, 1.82) is 0 Å². The van der Waals surface area contributed by atoms with Gasteiger partial charge in [-0.1, -0.05) is 23.5 Å². The second-order valence-corrected chi connectivity index (χ2v) is 7.73. The van der Waals surface area contributed by atoms with Crippen molar-refractivity contribution in [3.63, 3.8) is 0 Å². The van der Waals surface area contributed by atoms with Gasteiger partial charge in [-0.25, -0.2) is 9.97 Å². The average molecular weight is 357 g/mol. The Balaban J connectivity index is 1.62. The summed E-state index contributed by atoms with van der Waals surface area (Å²) in [7, 11) is 0. The Morgan fingerprint density at radius 1 is 1.04 bits per heavy atom. The minimum absolute atomic E-state index is 0.213. The van der Waals surface area contributed by atoms with E-state index in [1.807, 2.05) is 42.7 Å². The summed E-state index contributed by atoms with van der Waals surface area (Å²) in [6.07, 6.45) is 2.04. The average Bonchev–Trinajstić information content (AvgIpc) is 3.17. The Morgan fingerprint density at radius 2 is 1.87 bits per heavy atom. The zero-order valence-electron chi connectivity index (χ0n) is 12.1. The highest BCUT2D eigenvalue weighted by Crippen LogP contribution is 2.30. The number of carbonyl (C=O) groups is 1. The quantitative estimate of drug-likeness (QED) is 0.531. The van der Waals surface area contributed by atoms with Gasteiger partial charge < -0.3 is 0 Å². The summed E-state index contributed by atoms with van der Waals surface area (Å²) >= 11 is 4.55. The molecule has 23 heavy (non-hydrogen) atoms. The van der Waals surface area contributed by atoms with Crippen molar-refractivity contribution in [1.82, 2.24) is 9.97 Å². The molecule has 4 aromatic rings. The molecule has 0 fully saturated rings. The summed E-state index contributed by atoms with van der Waals surface area (Å²) in [6, 6.07) is 13.8. The van der Waals surface area contributed by atoms with Gasteiger partial charge >= 0.3 is 0 Å². The van der Waals surface area contributed by atoms with Crippen LogP contribution in [0.4, 0.5) is 5.13 Å². The van der Waals surface area contributed by atoms with Crippen molar-refractivity contribution < 1.29 is 4.79 Å². The molecule has 4 nitrogen and oxygen atoms in total. The minimum Gasteiger partial charge on any atom is -0.296 e. The number of hydrogen-bond donors (Lipinski definition) is 1. The van der Waals surface area contributed by atoms with Gasteiger partial charge in [0.25, 0.3) is 5.91 Å². The number of carbonyl (C=O) groups excluding carboxylic acids is 1. The topological polar surface area (TPSA) is 54.9 Å². The van der Waals surface area contributed by atoms with Crippen molar-refractivity contribution >= 4 is 65.9 Å². The lowest BCUT2D eigenvalue weighted by Crippen LogP contribution is -2.10. The third-order valence-corrected chi connectivity index (χ3v) is 6.00. The number of thioether (sulfide) groups is 1. The Morgan fingerprint density at radius 3 is 2.70 bits per heavy atom. The van der Waals surface area contributed by atoms with Crippen molar-refractivity contribution in [3.8, 4) is 0 Å². The van der Waals surface area contributed by atoms with Gasteiger partial charge in [-0.15, -0.1) is 23.1 Å². The van der Waals surface area contributed by atoms with Crippen LogP contribution < -0.4 is 5.32 Å². The van der Waals surface area contributed by atoms with Crippen LogP contribution in [0.15, 0.2) is 47.4 Å². The summed E-state index contributed by atoms with van der Waals surface area (Å²) in [4.78, 5) is 22.4. The van der Waals surface area contributed by atoms with Crippen LogP contribution in [0, 0.1) is 0 Å². The fraction of sp³-hybridized carbons (Fsp3) is 0.0625.